The zero-order valence-corrected chi connectivity index (χ0v) is 22.2. The fourth-order valence-corrected chi connectivity index (χ4v) is 4.68. The molecule has 0 aliphatic carbocycles. The second kappa shape index (κ2) is 14.2. The Morgan fingerprint density at radius 3 is 2.41 bits per heavy atom. The molecule has 2 fully saturated rings. The van der Waals surface area contributed by atoms with Crippen molar-refractivity contribution in [1.29, 1.82) is 0 Å². The number of ether oxygens (including phenoxy) is 1. The normalized spacial score (nSPS) is 19.4. The standard InChI is InChI=1S/C24H40FN5O.HI/c1-4-29-13-8-19(9-14-29)7-12-27-24(26-2)28-21-10-15-30(16-11-21)18-20-5-6-23(31-3)22(25)17-20;/h5-6,17,19,21H,4,7-16,18H2,1-3H3,(H2,26,27,28);1H. The van der Waals surface area contributed by atoms with Crippen LogP contribution in [0.3, 0.4) is 0 Å². The average Bonchev–Trinajstić information content (AvgIpc) is 2.80. The van der Waals surface area contributed by atoms with Crippen molar-refractivity contribution in [3.63, 3.8) is 0 Å². The summed E-state index contributed by atoms with van der Waals surface area (Å²) in [6.07, 6.45) is 5.98. The highest BCUT2D eigenvalue weighted by atomic mass is 127. The topological polar surface area (TPSA) is 52.1 Å². The second-order valence-corrected chi connectivity index (χ2v) is 8.83. The number of hydrogen-bond donors (Lipinski definition) is 2. The molecule has 2 aliphatic rings. The molecule has 6 nitrogen and oxygen atoms in total. The van der Waals surface area contributed by atoms with E-state index in [2.05, 4.69) is 32.3 Å². The maximum absolute atomic E-state index is 13.9. The number of piperidine rings is 2. The van der Waals surface area contributed by atoms with Crippen LogP contribution in [0.25, 0.3) is 0 Å². The summed E-state index contributed by atoms with van der Waals surface area (Å²) in [6.45, 7) is 9.68. The number of nitrogens with zero attached hydrogens (tertiary/aromatic N) is 3. The summed E-state index contributed by atoms with van der Waals surface area (Å²) in [4.78, 5) is 9.35. The van der Waals surface area contributed by atoms with Gasteiger partial charge < -0.3 is 20.3 Å². The lowest BCUT2D eigenvalue weighted by atomic mass is 9.93. The molecule has 3 rings (SSSR count). The predicted molar refractivity (Wildman–Crippen MR) is 141 cm³/mol. The highest BCUT2D eigenvalue weighted by Gasteiger charge is 2.21. The summed E-state index contributed by atoms with van der Waals surface area (Å²) in [5.74, 6) is 1.76. The van der Waals surface area contributed by atoms with Crippen LogP contribution in [0.5, 0.6) is 5.75 Å². The second-order valence-electron chi connectivity index (χ2n) is 8.83. The van der Waals surface area contributed by atoms with Gasteiger partial charge in [0.15, 0.2) is 17.5 Å². The fourth-order valence-electron chi connectivity index (χ4n) is 4.68. The van der Waals surface area contributed by atoms with Gasteiger partial charge in [0.25, 0.3) is 0 Å². The number of nitrogens with one attached hydrogen (secondary N) is 2. The molecule has 0 atom stereocenters. The van der Waals surface area contributed by atoms with Gasteiger partial charge in [-0.05, 0) is 75.4 Å². The highest BCUT2D eigenvalue weighted by molar-refractivity contribution is 14.0. The summed E-state index contributed by atoms with van der Waals surface area (Å²) in [5, 5.41) is 7.11. The van der Waals surface area contributed by atoms with Gasteiger partial charge in [-0.1, -0.05) is 13.0 Å². The van der Waals surface area contributed by atoms with Crippen molar-refractivity contribution in [3.05, 3.63) is 29.6 Å². The van der Waals surface area contributed by atoms with Crippen molar-refractivity contribution < 1.29 is 9.13 Å². The van der Waals surface area contributed by atoms with Gasteiger partial charge >= 0.3 is 0 Å². The Morgan fingerprint density at radius 2 is 1.81 bits per heavy atom. The van der Waals surface area contributed by atoms with Crippen LogP contribution in [-0.2, 0) is 6.54 Å². The van der Waals surface area contributed by atoms with Gasteiger partial charge in [-0.15, -0.1) is 24.0 Å². The number of likely N-dealkylation sites (tertiary alicyclic amines) is 2. The number of guanidine groups is 1. The number of rotatable bonds is 8. The van der Waals surface area contributed by atoms with Crippen LogP contribution in [-0.4, -0.2) is 75.2 Å². The molecule has 32 heavy (non-hydrogen) atoms. The van der Waals surface area contributed by atoms with Crippen molar-refractivity contribution in [1.82, 2.24) is 20.4 Å². The van der Waals surface area contributed by atoms with Crippen molar-refractivity contribution in [2.75, 3.05) is 53.4 Å². The van der Waals surface area contributed by atoms with Gasteiger partial charge in [0, 0.05) is 39.3 Å². The van der Waals surface area contributed by atoms with Crippen molar-refractivity contribution >= 4 is 29.9 Å². The largest absolute Gasteiger partial charge is 0.494 e. The van der Waals surface area contributed by atoms with Crippen LogP contribution >= 0.6 is 24.0 Å². The van der Waals surface area contributed by atoms with Crippen LogP contribution in [0.15, 0.2) is 23.2 Å². The van der Waals surface area contributed by atoms with Gasteiger partial charge in [-0.25, -0.2) is 4.39 Å². The summed E-state index contributed by atoms with van der Waals surface area (Å²) >= 11 is 0. The van der Waals surface area contributed by atoms with E-state index >= 15 is 0 Å². The highest BCUT2D eigenvalue weighted by Crippen LogP contribution is 2.21. The average molecular weight is 562 g/mol. The van der Waals surface area contributed by atoms with Crippen LogP contribution in [0.2, 0.25) is 0 Å². The Hall–Kier alpha value is -1.13. The van der Waals surface area contributed by atoms with Crippen LogP contribution in [0.4, 0.5) is 4.39 Å². The first-order valence-electron chi connectivity index (χ1n) is 11.9. The third-order valence-electron chi connectivity index (χ3n) is 6.77. The van der Waals surface area contributed by atoms with Crippen LogP contribution in [0.1, 0.15) is 44.6 Å². The van der Waals surface area contributed by atoms with E-state index < -0.39 is 0 Å². The molecule has 1 aromatic carbocycles. The molecule has 0 amide bonds. The molecule has 2 saturated heterocycles. The Kier molecular flexibility index (Phi) is 12.0. The molecular formula is C24H41FIN5O. The van der Waals surface area contributed by atoms with Gasteiger partial charge in [0.1, 0.15) is 0 Å². The number of aliphatic imine (C=N–C) groups is 1. The van der Waals surface area contributed by atoms with E-state index in [1.54, 1.807) is 12.1 Å². The van der Waals surface area contributed by atoms with E-state index in [-0.39, 0.29) is 29.8 Å². The number of hydrogen-bond acceptors (Lipinski definition) is 4. The van der Waals surface area contributed by atoms with Crippen LogP contribution < -0.4 is 15.4 Å². The number of halogens is 2. The molecule has 0 unspecified atom stereocenters. The molecule has 0 aromatic heterocycles. The zero-order chi connectivity index (χ0) is 22.1. The minimum atomic E-state index is -0.289. The number of benzene rings is 1. The summed E-state index contributed by atoms with van der Waals surface area (Å²) in [5.41, 5.74) is 0.993. The van der Waals surface area contributed by atoms with Crippen molar-refractivity contribution in [3.8, 4) is 5.75 Å². The minimum absolute atomic E-state index is 0. The van der Waals surface area contributed by atoms with Crippen molar-refractivity contribution in [2.45, 2.75) is 51.6 Å². The molecule has 0 spiro atoms. The summed E-state index contributed by atoms with van der Waals surface area (Å²) < 4.78 is 18.9. The molecule has 2 N–H and O–H groups in total. The maximum Gasteiger partial charge on any atom is 0.191 e. The van der Waals surface area contributed by atoms with E-state index in [1.807, 2.05) is 13.1 Å². The Morgan fingerprint density at radius 1 is 1.12 bits per heavy atom. The summed E-state index contributed by atoms with van der Waals surface area (Å²) in [7, 11) is 3.34. The maximum atomic E-state index is 13.9. The van der Waals surface area contributed by atoms with Gasteiger partial charge in [0.05, 0.1) is 7.11 Å². The summed E-state index contributed by atoms with van der Waals surface area (Å²) in [6, 6.07) is 5.68. The monoisotopic (exact) mass is 561 g/mol. The number of methoxy groups -OCH3 is 1. The molecule has 0 bridgehead atoms. The Balaban J connectivity index is 0.00000363. The first kappa shape index (κ1) is 27.1. The lowest BCUT2D eigenvalue weighted by Gasteiger charge is -2.33. The van der Waals surface area contributed by atoms with Gasteiger partial charge in [-0.3, -0.25) is 9.89 Å². The van der Waals surface area contributed by atoms with E-state index in [9.17, 15) is 4.39 Å². The molecule has 0 radical (unpaired) electrons. The quantitative estimate of drug-likeness (QED) is 0.288. The van der Waals surface area contributed by atoms with Gasteiger partial charge in [0.2, 0.25) is 0 Å². The molecule has 0 saturated carbocycles. The molecule has 182 valence electrons. The lowest BCUT2D eigenvalue weighted by Crippen LogP contribution is -2.48. The van der Waals surface area contributed by atoms with Crippen LogP contribution in [0, 0.1) is 11.7 Å². The molecular weight excluding hydrogens is 520 g/mol. The molecule has 2 heterocycles. The molecule has 1 aromatic rings. The third-order valence-corrected chi connectivity index (χ3v) is 6.77. The third kappa shape index (κ3) is 8.33. The molecule has 8 heteroatoms. The van der Waals surface area contributed by atoms with E-state index in [0.717, 1.165) is 56.5 Å². The molecule has 2 aliphatic heterocycles. The van der Waals surface area contributed by atoms with E-state index in [1.165, 1.54) is 46.0 Å². The predicted octanol–water partition coefficient (Wildman–Crippen LogP) is 3.70. The fraction of sp³-hybridized carbons (Fsp3) is 0.708. The van der Waals surface area contributed by atoms with E-state index in [4.69, 9.17) is 4.74 Å². The van der Waals surface area contributed by atoms with E-state index in [0.29, 0.717) is 11.8 Å². The zero-order valence-electron chi connectivity index (χ0n) is 19.9. The van der Waals surface area contributed by atoms with Gasteiger partial charge in [-0.2, -0.15) is 0 Å². The first-order chi connectivity index (χ1) is 15.1. The minimum Gasteiger partial charge on any atom is -0.494 e. The Bertz CT molecular complexity index is 704. The first-order valence-corrected chi connectivity index (χ1v) is 11.9. The SMILES string of the molecule is CCN1CCC(CCNC(=NC)NC2CCN(Cc3ccc(OC)c(F)c3)CC2)CC1.I. The lowest BCUT2D eigenvalue weighted by molar-refractivity contribution is 0.187. The Labute approximate surface area is 210 Å². The van der Waals surface area contributed by atoms with Crippen molar-refractivity contribution in [2.24, 2.45) is 10.9 Å². The smallest absolute Gasteiger partial charge is 0.191 e.